The normalized spacial score (nSPS) is 11.8. The molecule has 0 aliphatic rings. The molecule has 0 bridgehead atoms. The maximum atomic E-state index is 9.49. The van der Waals surface area contributed by atoms with Gasteiger partial charge in [0.15, 0.2) is 0 Å². The van der Waals surface area contributed by atoms with Gasteiger partial charge in [-0.2, -0.15) is 0 Å². The van der Waals surface area contributed by atoms with Crippen LogP contribution >= 0.6 is 0 Å². The second-order valence-electron chi connectivity index (χ2n) is 6.65. The molecule has 1 N–H and O–H groups in total. The molecule has 21 heavy (non-hydrogen) atoms. The Morgan fingerprint density at radius 3 is 1.57 bits per heavy atom. The molecule has 1 aromatic carbocycles. The number of rotatable bonds is 11. The zero-order valence-electron chi connectivity index (χ0n) is 14.3. The van der Waals surface area contributed by atoms with Gasteiger partial charge >= 0.3 is 134 Å². The summed E-state index contributed by atoms with van der Waals surface area (Å²) in [5, 5.41) is 15.5. The zero-order chi connectivity index (χ0) is 15.6. The van der Waals surface area contributed by atoms with E-state index in [9.17, 15) is 5.11 Å². The first kappa shape index (κ1) is 18.6. The molecule has 0 saturated carbocycles. The second-order valence-corrected chi connectivity index (χ2v) is 16.8. The van der Waals surface area contributed by atoms with Crippen molar-refractivity contribution in [2.45, 2.75) is 80.3 Å². The fourth-order valence-electron chi connectivity index (χ4n) is 3.34. The van der Waals surface area contributed by atoms with Crippen molar-refractivity contribution < 1.29 is 5.11 Å². The summed E-state index contributed by atoms with van der Waals surface area (Å²) in [5.41, 5.74) is 1.47. The quantitative estimate of drug-likeness (QED) is 0.463. The van der Waals surface area contributed by atoms with E-state index < -0.39 is 13.3 Å². The summed E-state index contributed by atoms with van der Waals surface area (Å²) in [7, 11) is 0. The van der Waals surface area contributed by atoms with Crippen molar-refractivity contribution in [3.05, 3.63) is 29.8 Å². The third-order valence-electron chi connectivity index (χ3n) is 4.70. The molecule has 0 spiro atoms. The van der Waals surface area contributed by atoms with Gasteiger partial charge < -0.3 is 0 Å². The predicted molar refractivity (Wildman–Crippen MR) is 96.7 cm³/mol. The van der Waals surface area contributed by atoms with E-state index in [2.05, 4.69) is 32.9 Å². The molecule has 120 valence electrons. The van der Waals surface area contributed by atoms with Gasteiger partial charge in [-0.25, -0.2) is 0 Å². The van der Waals surface area contributed by atoms with Gasteiger partial charge in [0.2, 0.25) is 0 Å². The Labute approximate surface area is 134 Å². The Morgan fingerprint density at radius 2 is 1.19 bits per heavy atom. The summed E-state index contributed by atoms with van der Waals surface area (Å²) < 4.78 is 0. The molecule has 0 heterocycles. The summed E-state index contributed by atoms with van der Waals surface area (Å²) in [6.07, 6.45) is 8.27. The van der Waals surface area contributed by atoms with E-state index in [4.69, 9.17) is 0 Å². The summed E-state index contributed by atoms with van der Waals surface area (Å²) in [6, 6.07) is 8.03. The van der Waals surface area contributed by atoms with Gasteiger partial charge in [0, 0.05) is 0 Å². The molecule has 2 heteroatoms. The standard InChI is InChI=1S/C19H34GeO/c1-4-7-14-20(15-8-5-2,16-9-6-3)17-18-10-12-19(21)13-11-18/h10-13,21H,4-9,14-17H2,1-3H3. The first-order valence-electron chi connectivity index (χ1n) is 8.93. The van der Waals surface area contributed by atoms with Crippen LogP contribution in [0.3, 0.4) is 0 Å². The van der Waals surface area contributed by atoms with Gasteiger partial charge in [0.1, 0.15) is 0 Å². The minimum atomic E-state index is -1.78. The molecule has 0 saturated heterocycles. The number of benzene rings is 1. The summed E-state index contributed by atoms with van der Waals surface area (Å²) in [4.78, 5) is 0. The van der Waals surface area contributed by atoms with E-state index in [1.165, 1.54) is 65.1 Å². The van der Waals surface area contributed by atoms with Gasteiger partial charge in [-0.05, 0) is 0 Å². The maximum absolute atomic E-state index is 9.49. The molecular weight excluding hydrogens is 317 g/mol. The van der Waals surface area contributed by atoms with Crippen LogP contribution in [-0.4, -0.2) is 18.4 Å². The van der Waals surface area contributed by atoms with Crippen LogP contribution in [0.4, 0.5) is 0 Å². The van der Waals surface area contributed by atoms with Crippen LogP contribution in [0.1, 0.15) is 64.9 Å². The summed E-state index contributed by atoms with van der Waals surface area (Å²) >= 11 is -1.78. The van der Waals surface area contributed by atoms with Gasteiger partial charge in [0.25, 0.3) is 0 Å². The number of hydrogen-bond donors (Lipinski definition) is 1. The van der Waals surface area contributed by atoms with Crippen molar-refractivity contribution in [2.24, 2.45) is 0 Å². The van der Waals surface area contributed by atoms with Crippen molar-refractivity contribution in [2.75, 3.05) is 0 Å². The molecular formula is C19H34GeO. The molecule has 1 aromatic rings. The minimum absolute atomic E-state index is 0.396. The van der Waals surface area contributed by atoms with Crippen LogP contribution in [0.15, 0.2) is 24.3 Å². The molecule has 1 rings (SSSR count). The SMILES string of the molecule is CCC[CH2][Ge]([CH2]CCC)([CH2]CCC)[CH2]c1ccc(O)cc1. The van der Waals surface area contributed by atoms with Crippen LogP contribution in [0.25, 0.3) is 0 Å². The number of phenols is 1. The van der Waals surface area contributed by atoms with Gasteiger partial charge in [0.05, 0.1) is 0 Å². The van der Waals surface area contributed by atoms with Gasteiger partial charge in [-0.3, -0.25) is 0 Å². The molecule has 0 radical (unpaired) electrons. The van der Waals surface area contributed by atoms with Crippen LogP contribution in [0, 0.1) is 0 Å². The first-order valence-corrected chi connectivity index (χ1v) is 14.9. The Bertz CT molecular complexity index is 350. The number of aromatic hydroxyl groups is 1. The molecule has 0 aliphatic carbocycles. The molecule has 1 nitrogen and oxygen atoms in total. The Balaban J connectivity index is 2.85. The number of hydrogen-bond acceptors (Lipinski definition) is 1. The monoisotopic (exact) mass is 352 g/mol. The van der Waals surface area contributed by atoms with Crippen LogP contribution in [0.5, 0.6) is 5.75 Å². The predicted octanol–water partition coefficient (Wildman–Crippen LogP) is 6.32. The van der Waals surface area contributed by atoms with E-state index in [0.717, 1.165) is 0 Å². The van der Waals surface area contributed by atoms with E-state index in [0.29, 0.717) is 5.75 Å². The topological polar surface area (TPSA) is 20.2 Å². The van der Waals surface area contributed by atoms with Gasteiger partial charge in [-0.15, -0.1) is 0 Å². The average molecular weight is 351 g/mol. The molecule has 0 fully saturated rings. The van der Waals surface area contributed by atoms with E-state index in [1.54, 1.807) is 0 Å². The second kappa shape index (κ2) is 10.3. The Kier molecular flexibility index (Phi) is 9.14. The van der Waals surface area contributed by atoms with Crippen molar-refractivity contribution in [1.82, 2.24) is 0 Å². The third-order valence-corrected chi connectivity index (χ3v) is 16.0. The van der Waals surface area contributed by atoms with E-state index in [1.807, 2.05) is 12.1 Å². The fraction of sp³-hybridized carbons (Fsp3) is 0.684. The third kappa shape index (κ3) is 6.90. The zero-order valence-corrected chi connectivity index (χ0v) is 16.4. The van der Waals surface area contributed by atoms with E-state index in [-0.39, 0.29) is 0 Å². The van der Waals surface area contributed by atoms with Crippen LogP contribution in [0.2, 0.25) is 15.8 Å². The van der Waals surface area contributed by atoms with Crippen molar-refractivity contribution >= 4 is 13.3 Å². The first-order chi connectivity index (χ1) is 10.2. The Hall–Kier alpha value is -0.437. The van der Waals surface area contributed by atoms with Crippen LogP contribution < -0.4 is 0 Å². The number of phenolic OH excluding ortho intramolecular Hbond substituents is 1. The Morgan fingerprint density at radius 1 is 0.762 bits per heavy atom. The van der Waals surface area contributed by atoms with Crippen molar-refractivity contribution in [1.29, 1.82) is 0 Å². The van der Waals surface area contributed by atoms with E-state index >= 15 is 0 Å². The van der Waals surface area contributed by atoms with Crippen molar-refractivity contribution in [3.8, 4) is 5.75 Å². The molecule has 0 aromatic heterocycles. The summed E-state index contributed by atoms with van der Waals surface area (Å²) in [6.45, 7) is 6.98. The van der Waals surface area contributed by atoms with Gasteiger partial charge in [-0.1, -0.05) is 0 Å². The number of unbranched alkanes of at least 4 members (excludes halogenated alkanes) is 3. The van der Waals surface area contributed by atoms with Crippen LogP contribution in [-0.2, 0) is 5.25 Å². The van der Waals surface area contributed by atoms with Crippen molar-refractivity contribution in [3.63, 3.8) is 0 Å². The summed E-state index contributed by atoms with van der Waals surface area (Å²) in [5.74, 6) is 0.396. The molecule has 0 atom stereocenters. The molecule has 0 aliphatic heterocycles. The average Bonchev–Trinajstić information content (AvgIpc) is 2.51. The molecule has 0 unspecified atom stereocenters. The fourth-order valence-corrected chi connectivity index (χ4v) is 15.3. The molecule has 0 amide bonds.